The van der Waals surface area contributed by atoms with E-state index in [1.807, 2.05) is 0 Å². The van der Waals surface area contributed by atoms with Crippen LogP contribution in [0.15, 0.2) is 0 Å². The summed E-state index contributed by atoms with van der Waals surface area (Å²) in [5.74, 6) is -2.15. The minimum absolute atomic E-state index is 0.296. The summed E-state index contributed by atoms with van der Waals surface area (Å²) in [7, 11) is 1.50. The van der Waals surface area contributed by atoms with E-state index in [9.17, 15) is 9.59 Å². The van der Waals surface area contributed by atoms with Gasteiger partial charge < -0.3 is 15.9 Å². The van der Waals surface area contributed by atoms with Crippen LogP contribution in [-0.4, -0.2) is 29.2 Å². The number of hydrogen-bond acceptors (Lipinski definition) is 3. The highest BCUT2D eigenvalue weighted by atomic mass is 16.4. The molecule has 0 aliphatic rings. The van der Waals surface area contributed by atoms with Gasteiger partial charge in [-0.3, -0.25) is 9.59 Å². The Hall–Kier alpha value is -1.10. The Bertz CT molecular complexity index is 98.2. The zero-order valence-electron chi connectivity index (χ0n) is 5.70. The van der Waals surface area contributed by atoms with Crippen molar-refractivity contribution in [2.24, 2.45) is 5.73 Å². The van der Waals surface area contributed by atoms with Crippen molar-refractivity contribution in [3.05, 3.63) is 0 Å². The average Bonchev–Trinajstić information content (AvgIpc) is 1.89. The van der Waals surface area contributed by atoms with Crippen LogP contribution < -0.4 is 5.73 Å². The fourth-order valence-electron chi connectivity index (χ4n) is 0.214. The highest BCUT2D eigenvalue weighted by Crippen LogP contribution is 1.85. The molecule has 4 N–H and O–H groups in total. The van der Waals surface area contributed by atoms with Crippen LogP contribution in [0, 0.1) is 0 Å². The second kappa shape index (κ2) is 7.90. The molecular formula is C5H11NO4. The van der Waals surface area contributed by atoms with Crippen LogP contribution in [0.3, 0.4) is 0 Å². The van der Waals surface area contributed by atoms with E-state index in [-0.39, 0.29) is 12.8 Å². The van der Waals surface area contributed by atoms with E-state index in [2.05, 4.69) is 5.73 Å². The minimum atomic E-state index is -1.08. The predicted octanol–water partition coefficient (Wildman–Crippen LogP) is -0.489. The smallest absolute Gasteiger partial charge is 0.303 e. The van der Waals surface area contributed by atoms with E-state index in [4.69, 9.17) is 10.2 Å². The van der Waals surface area contributed by atoms with Crippen LogP contribution in [0.25, 0.3) is 0 Å². The first-order chi connectivity index (χ1) is 4.63. The van der Waals surface area contributed by atoms with Crippen LogP contribution in [0.2, 0.25) is 0 Å². The highest BCUT2D eigenvalue weighted by Gasteiger charge is 2.00. The molecule has 0 aromatic carbocycles. The fraction of sp³-hybridized carbons (Fsp3) is 0.600. The summed E-state index contributed by atoms with van der Waals surface area (Å²) in [4.78, 5) is 19.3. The van der Waals surface area contributed by atoms with Crippen LogP contribution in [0.5, 0.6) is 0 Å². The van der Waals surface area contributed by atoms with E-state index in [0.29, 0.717) is 0 Å². The van der Waals surface area contributed by atoms with E-state index < -0.39 is 11.9 Å². The van der Waals surface area contributed by atoms with Crippen LogP contribution in [0.1, 0.15) is 12.8 Å². The SMILES string of the molecule is CN.O=C(O)CCC(=O)O. The van der Waals surface area contributed by atoms with Crippen LogP contribution in [0.4, 0.5) is 0 Å². The summed E-state index contributed by atoms with van der Waals surface area (Å²) in [5, 5.41) is 15.8. The number of nitrogens with two attached hydrogens (primary N) is 1. The fourth-order valence-corrected chi connectivity index (χ4v) is 0.214. The molecule has 0 atom stereocenters. The molecule has 0 aromatic heterocycles. The molecule has 10 heavy (non-hydrogen) atoms. The Morgan fingerprint density at radius 3 is 1.40 bits per heavy atom. The maximum Gasteiger partial charge on any atom is 0.303 e. The van der Waals surface area contributed by atoms with Crippen LogP contribution >= 0.6 is 0 Å². The largest absolute Gasteiger partial charge is 0.481 e. The number of carboxylic acids is 2. The molecule has 0 aliphatic heterocycles. The molecule has 0 saturated carbocycles. The molecule has 0 aliphatic carbocycles. The van der Waals surface area contributed by atoms with E-state index in [0.717, 1.165) is 0 Å². The maximum atomic E-state index is 9.64. The number of hydrogen-bond donors (Lipinski definition) is 3. The lowest BCUT2D eigenvalue weighted by atomic mass is 10.3. The summed E-state index contributed by atoms with van der Waals surface area (Å²) in [6.07, 6.45) is -0.593. The Balaban J connectivity index is 0. The number of aliphatic carboxylic acids is 2. The molecule has 0 saturated heterocycles. The molecule has 0 unspecified atom stereocenters. The highest BCUT2D eigenvalue weighted by molar-refractivity contribution is 5.75. The van der Waals surface area contributed by atoms with Gasteiger partial charge in [-0.15, -0.1) is 0 Å². The first-order valence-corrected chi connectivity index (χ1v) is 2.64. The first kappa shape index (κ1) is 11.7. The van der Waals surface area contributed by atoms with Crippen molar-refractivity contribution in [3.8, 4) is 0 Å². The van der Waals surface area contributed by atoms with Gasteiger partial charge in [-0.05, 0) is 7.05 Å². The van der Waals surface area contributed by atoms with Crippen molar-refractivity contribution < 1.29 is 19.8 Å². The normalized spacial score (nSPS) is 7.40. The Labute approximate surface area is 58.5 Å². The molecule has 0 amide bonds. The van der Waals surface area contributed by atoms with Crippen molar-refractivity contribution in [1.82, 2.24) is 0 Å². The van der Waals surface area contributed by atoms with Gasteiger partial charge in [0.05, 0.1) is 12.8 Å². The van der Waals surface area contributed by atoms with Gasteiger partial charge in [-0.1, -0.05) is 0 Å². The lowest BCUT2D eigenvalue weighted by Crippen LogP contribution is -2.00. The van der Waals surface area contributed by atoms with Gasteiger partial charge in [0.1, 0.15) is 0 Å². The Morgan fingerprint density at radius 2 is 1.30 bits per heavy atom. The molecule has 0 fully saturated rings. The van der Waals surface area contributed by atoms with Gasteiger partial charge >= 0.3 is 11.9 Å². The second-order valence-corrected chi connectivity index (χ2v) is 1.29. The standard InChI is InChI=1S/C4H6O4.CH5N/c5-3(6)1-2-4(7)8;1-2/h1-2H2,(H,5,6)(H,7,8);2H2,1H3. The molecule has 5 heteroatoms. The molecule has 0 heterocycles. The van der Waals surface area contributed by atoms with Gasteiger partial charge in [-0.25, -0.2) is 0 Å². The quantitative estimate of drug-likeness (QED) is 0.502. The van der Waals surface area contributed by atoms with Gasteiger partial charge in [0.15, 0.2) is 0 Å². The zero-order valence-corrected chi connectivity index (χ0v) is 5.70. The van der Waals surface area contributed by atoms with Crippen molar-refractivity contribution in [3.63, 3.8) is 0 Å². The molecule has 0 bridgehead atoms. The van der Waals surface area contributed by atoms with E-state index in [1.54, 1.807) is 0 Å². The third-order valence-electron chi connectivity index (χ3n) is 0.553. The van der Waals surface area contributed by atoms with Crippen molar-refractivity contribution in [1.29, 1.82) is 0 Å². The Kier molecular flexibility index (Phi) is 9.22. The third kappa shape index (κ3) is 15.8. The van der Waals surface area contributed by atoms with Gasteiger partial charge in [-0.2, -0.15) is 0 Å². The monoisotopic (exact) mass is 149 g/mol. The molecule has 5 nitrogen and oxygen atoms in total. The molecule has 0 spiro atoms. The van der Waals surface area contributed by atoms with Crippen molar-refractivity contribution >= 4 is 11.9 Å². The lowest BCUT2D eigenvalue weighted by molar-refractivity contribution is -0.143. The molecule has 60 valence electrons. The lowest BCUT2D eigenvalue weighted by Gasteiger charge is -1.85. The number of rotatable bonds is 3. The second-order valence-electron chi connectivity index (χ2n) is 1.29. The molecule has 0 aromatic rings. The predicted molar refractivity (Wildman–Crippen MR) is 34.6 cm³/mol. The van der Waals surface area contributed by atoms with Gasteiger partial charge in [0.2, 0.25) is 0 Å². The van der Waals surface area contributed by atoms with Gasteiger partial charge in [0.25, 0.3) is 0 Å². The Morgan fingerprint density at radius 1 is 1.10 bits per heavy atom. The zero-order chi connectivity index (χ0) is 8.57. The summed E-state index contributed by atoms with van der Waals surface area (Å²) < 4.78 is 0. The van der Waals surface area contributed by atoms with Gasteiger partial charge in [0, 0.05) is 0 Å². The number of carboxylic acid groups (broad SMARTS) is 2. The third-order valence-corrected chi connectivity index (χ3v) is 0.553. The average molecular weight is 149 g/mol. The summed E-state index contributed by atoms with van der Waals surface area (Å²) >= 11 is 0. The van der Waals surface area contributed by atoms with Crippen molar-refractivity contribution in [2.45, 2.75) is 12.8 Å². The molecular weight excluding hydrogens is 138 g/mol. The maximum absolute atomic E-state index is 9.64. The van der Waals surface area contributed by atoms with Crippen molar-refractivity contribution in [2.75, 3.05) is 7.05 Å². The summed E-state index contributed by atoms with van der Waals surface area (Å²) in [6, 6.07) is 0. The minimum Gasteiger partial charge on any atom is -0.481 e. The summed E-state index contributed by atoms with van der Waals surface area (Å²) in [5.41, 5.74) is 4.50. The van der Waals surface area contributed by atoms with E-state index in [1.165, 1.54) is 7.05 Å². The number of carbonyl (C=O) groups is 2. The first-order valence-electron chi connectivity index (χ1n) is 2.64. The van der Waals surface area contributed by atoms with Crippen LogP contribution in [-0.2, 0) is 9.59 Å². The topological polar surface area (TPSA) is 101 Å². The molecule has 0 radical (unpaired) electrons. The summed E-state index contributed by atoms with van der Waals surface area (Å²) in [6.45, 7) is 0. The van der Waals surface area contributed by atoms with E-state index >= 15 is 0 Å². The molecule has 0 rings (SSSR count).